The molecule has 1 heterocycles. The molecule has 0 unspecified atom stereocenters. The molecule has 2 nitrogen and oxygen atoms in total. The van der Waals surface area contributed by atoms with Crippen LogP contribution in [0.2, 0.25) is 0 Å². The van der Waals surface area contributed by atoms with Crippen molar-refractivity contribution in [2.45, 2.75) is 24.8 Å². The number of rotatable bonds is 3. The first kappa shape index (κ1) is 14.9. The molecule has 2 aliphatic rings. The van der Waals surface area contributed by atoms with Crippen LogP contribution in [-0.2, 0) is 11.2 Å². The molecule has 2 aromatic carbocycles. The van der Waals surface area contributed by atoms with Gasteiger partial charge in [-0.3, -0.25) is 4.90 Å². The van der Waals surface area contributed by atoms with Crippen molar-refractivity contribution in [3.05, 3.63) is 70.5 Å². The first-order valence-corrected chi connectivity index (χ1v) is 8.37. The van der Waals surface area contributed by atoms with Crippen molar-refractivity contribution >= 4 is 0 Å². The lowest BCUT2D eigenvalue weighted by Crippen LogP contribution is -2.28. The van der Waals surface area contributed by atoms with Gasteiger partial charge in [0.1, 0.15) is 5.82 Å². The number of hydrogen-bond donors (Lipinski definition) is 0. The molecule has 3 heteroatoms. The lowest BCUT2D eigenvalue weighted by atomic mass is 9.87. The highest BCUT2D eigenvalue weighted by Crippen LogP contribution is 2.48. The summed E-state index contributed by atoms with van der Waals surface area (Å²) in [7, 11) is 1.74. The zero-order chi connectivity index (χ0) is 15.8. The highest BCUT2D eigenvalue weighted by atomic mass is 19.1. The Morgan fingerprint density at radius 2 is 1.96 bits per heavy atom. The van der Waals surface area contributed by atoms with Crippen LogP contribution in [0.5, 0.6) is 0 Å². The van der Waals surface area contributed by atoms with E-state index in [1.807, 2.05) is 6.07 Å². The zero-order valence-corrected chi connectivity index (χ0v) is 13.5. The van der Waals surface area contributed by atoms with Crippen LogP contribution in [0.4, 0.5) is 4.39 Å². The molecular formula is C20H22FNO. The van der Waals surface area contributed by atoms with Crippen molar-refractivity contribution in [2.24, 2.45) is 0 Å². The van der Waals surface area contributed by atoms with Crippen LogP contribution in [-0.4, -0.2) is 31.7 Å². The van der Waals surface area contributed by atoms with Crippen LogP contribution in [0, 0.1) is 5.82 Å². The van der Waals surface area contributed by atoms with Crippen LogP contribution in [0.3, 0.4) is 0 Å². The minimum absolute atomic E-state index is 0.132. The second kappa shape index (κ2) is 6.06. The first-order valence-electron chi connectivity index (χ1n) is 8.37. The van der Waals surface area contributed by atoms with Gasteiger partial charge in [0, 0.05) is 25.6 Å². The van der Waals surface area contributed by atoms with E-state index in [1.54, 1.807) is 19.2 Å². The van der Waals surface area contributed by atoms with Gasteiger partial charge in [0.25, 0.3) is 0 Å². The normalized spacial score (nSPS) is 23.0. The molecule has 1 fully saturated rings. The number of hydrogen-bond acceptors (Lipinski definition) is 2. The van der Waals surface area contributed by atoms with Crippen molar-refractivity contribution in [1.29, 1.82) is 0 Å². The fourth-order valence-corrected chi connectivity index (χ4v) is 4.32. The maximum atomic E-state index is 13.9. The fourth-order valence-electron chi connectivity index (χ4n) is 4.32. The summed E-state index contributed by atoms with van der Waals surface area (Å²) in [4.78, 5) is 2.47. The largest absolute Gasteiger partial charge is 0.383 e. The van der Waals surface area contributed by atoms with Crippen molar-refractivity contribution in [3.8, 4) is 0 Å². The molecular weight excluding hydrogens is 289 g/mol. The van der Waals surface area contributed by atoms with Gasteiger partial charge < -0.3 is 4.74 Å². The minimum atomic E-state index is -0.132. The molecule has 1 aliphatic carbocycles. The van der Waals surface area contributed by atoms with Gasteiger partial charge in [-0.15, -0.1) is 0 Å². The third-order valence-corrected chi connectivity index (χ3v) is 5.35. The van der Waals surface area contributed by atoms with Gasteiger partial charge in [-0.2, -0.15) is 0 Å². The minimum Gasteiger partial charge on any atom is -0.383 e. The molecule has 2 atom stereocenters. The number of fused-ring (bicyclic) bond motifs is 5. The van der Waals surface area contributed by atoms with Gasteiger partial charge in [0.15, 0.2) is 0 Å². The Kier molecular flexibility index (Phi) is 3.92. The smallest absolute Gasteiger partial charge is 0.123 e. The second-order valence-electron chi connectivity index (χ2n) is 6.59. The van der Waals surface area contributed by atoms with E-state index in [0.717, 1.165) is 32.5 Å². The molecule has 0 saturated carbocycles. The van der Waals surface area contributed by atoms with E-state index in [4.69, 9.17) is 4.74 Å². The molecule has 23 heavy (non-hydrogen) atoms. The van der Waals surface area contributed by atoms with E-state index in [0.29, 0.717) is 5.92 Å². The molecule has 0 N–H and O–H groups in total. The average Bonchev–Trinajstić information content (AvgIpc) is 2.92. The van der Waals surface area contributed by atoms with E-state index in [1.165, 1.54) is 22.3 Å². The van der Waals surface area contributed by atoms with Gasteiger partial charge in [0.05, 0.1) is 6.61 Å². The molecule has 2 aromatic rings. The first-order chi connectivity index (χ1) is 11.3. The van der Waals surface area contributed by atoms with Gasteiger partial charge in [-0.25, -0.2) is 4.39 Å². The highest BCUT2D eigenvalue weighted by molar-refractivity contribution is 5.46. The van der Waals surface area contributed by atoms with Gasteiger partial charge >= 0.3 is 0 Å². The standard InChI is InChI=1S/C20H22FNO/c1-23-11-10-22-9-8-18-17-5-3-2-4-14(17)12-15-6-7-16(21)13-19(15)20(18)22/h2-7,13,18,20H,8-12H2,1H3/t18-,20+/m1/s1. The number of methoxy groups -OCH3 is 1. The third-order valence-electron chi connectivity index (χ3n) is 5.35. The summed E-state index contributed by atoms with van der Waals surface area (Å²) in [5.41, 5.74) is 5.26. The second-order valence-corrected chi connectivity index (χ2v) is 6.59. The molecule has 0 spiro atoms. The van der Waals surface area contributed by atoms with Crippen molar-refractivity contribution in [1.82, 2.24) is 4.90 Å². The van der Waals surface area contributed by atoms with Gasteiger partial charge in [0.2, 0.25) is 0 Å². The van der Waals surface area contributed by atoms with Gasteiger partial charge in [-0.1, -0.05) is 30.3 Å². The molecule has 4 rings (SSSR count). The molecule has 120 valence electrons. The Labute approximate surface area is 136 Å². The van der Waals surface area contributed by atoms with E-state index >= 15 is 0 Å². The molecule has 1 aliphatic heterocycles. The highest BCUT2D eigenvalue weighted by Gasteiger charge is 2.39. The zero-order valence-electron chi connectivity index (χ0n) is 13.5. The summed E-state index contributed by atoms with van der Waals surface area (Å²) in [6.45, 7) is 2.66. The molecule has 1 saturated heterocycles. The van der Waals surface area contributed by atoms with E-state index in [9.17, 15) is 4.39 Å². The fraction of sp³-hybridized carbons (Fsp3) is 0.400. The SMILES string of the molecule is COCCN1CC[C@@H]2c3ccccc3Cc3ccc(F)cc3[C@H]21. The summed E-state index contributed by atoms with van der Waals surface area (Å²) >= 11 is 0. The van der Waals surface area contributed by atoms with Crippen molar-refractivity contribution < 1.29 is 9.13 Å². The number of nitrogens with zero attached hydrogens (tertiary/aromatic N) is 1. The van der Waals surface area contributed by atoms with Gasteiger partial charge in [-0.05, 0) is 53.8 Å². The Hall–Kier alpha value is -1.71. The number of likely N-dealkylation sites (tertiary alicyclic amines) is 1. The maximum absolute atomic E-state index is 13.9. The quantitative estimate of drug-likeness (QED) is 0.852. The summed E-state index contributed by atoms with van der Waals surface area (Å²) in [5, 5.41) is 0. The Balaban J connectivity index is 1.83. The number of benzene rings is 2. The van der Waals surface area contributed by atoms with Crippen LogP contribution in [0.25, 0.3) is 0 Å². The predicted octanol–water partition coefficient (Wildman–Crippen LogP) is 3.91. The maximum Gasteiger partial charge on any atom is 0.123 e. The predicted molar refractivity (Wildman–Crippen MR) is 89.2 cm³/mol. The van der Waals surface area contributed by atoms with E-state index in [-0.39, 0.29) is 11.9 Å². The summed E-state index contributed by atoms with van der Waals surface area (Å²) in [6.07, 6.45) is 2.03. The van der Waals surface area contributed by atoms with E-state index in [2.05, 4.69) is 29.2 Å². The van der Waals surface area contributed by atoms with Crippen LogP contribution < -0.4 is 0 Å². The monoisotopic (exact) mass is 311 g/mol. The average molecular weight is 311 g/mol. The topological polar surface area (TPSA) is 12.5 Å². The summed E-state index contributed by atoms with van der Waals surface area (Å²) < 4.78 is 19.2. The molecule has 0 aromatic heterocycles. The lowest BCUT2D eigenvalue weighted by molar-refractivity contribution is 0.138. The third kappa shape index (κ3) is 2.58. The Morgan fingerprint density at radius 3 is 2.83 bits per heavy atom. The Bertz CT molecular complexity index is 715. The summed E-state index contributed by atoms with van der Waals surface area (Å²) in [5.74, 6) is 0.318. The summed E-state index contributed by atoms with van der Waals surface area (Å²) in [6, 6.07) is 14.3. The van der Waals surface area contributed by atoms with Crippen molar-refractivity contribution in [2.75, 3.05) is 26.8 Å². The Morgan fingerprint density at radius 1 is 1.13 bits per heavy atom. The number of ether oxygens (including phenoxy) is 1. The van der Waals surface area contributed by atoms with Crippen LogP contribution >= 0.6 is 0 Å². The number of halogens is 1. The molecule has 0 bridgehead atoms. The molecule has 0 amide bonds. The lowest BCUT2D eigenvalue weighted by Gasteiger charge is -2.29. The van der Waals surface area contributed by atoms with Crippen molar-refractivity contribution in [3.63, 3.8) is 0 Å². The van der Waals surface area contributed by atoms with Crippen LogP contribution in [0.1, 0.15) is 40.6 Å². The van der Waals surface area contributed by atoms with E-state index < -0.39 is 0 Å². The van der Waals surface area contributed by atoms with Crippen LogP contribution in [0.15, 0.2) is 42.5 Å². The molecule has 0 radical (unpaired) electrons.